The SMILES string of the molecule is CC(C)(C)CS(=O)(=O)N1C(C(=O)O)CC2CCCCC21. The molecule has 0 aromatic rings. The van der Waals surface area contributed by atoms with Gasteiger partial charge in [0.15, 0.2) is 0 Å². The minimum Gasteiger partial charge on any atom is -0.480 e. The van der Waals surface area contributed by atoms with Gasteiger partial charge in [0.25, 0.3) is 0 Å². The third-order valence-corrected chi connectivity index (χ3v) is 6.65. The Bertz CT molecular complexity index is 480. The molecule has 0 spiro atoms. The average molecular weight is 303 g/mol. The van der Waals surface area contributed by atoms with Crippen molar-refractivity contribution in [2.75, 3.05) is 5.75 Å². The molecule has 1 heterocycles. The molecule has 6 heteroatoms. The summed E-state index contributed by atoms with van der Waals surface area (Å²) in [6.45, 7) is 5.61. The Labute approximate surface area is 121 Å². The van der Waals surface area contributed by atoms with Crippen molar-refractivity contribution in [3.8, 4) is 0 Å². The zero-order chi connectivity index (χ0) is 15.1. The van der Waals surface area contributed by atoms with Crippen LogP contribution in [0.5, 0.6) is 0 Å². The lowest BCUT2D eigenvalue weighted by atomic mass is 9.85. The zero-order valence-electron chi connectivity index (χ0n) is 12.5. The van der Waals surface area contributed by atoms with Crippen molar-refractivity contribution < 1.29 is 18.3 Å². The summed E-state index contributed by atoms with van der Waals surface area (Å²) >= 11 is 0. The van der Waals surface area contributed by atoms with Crippen molar-refractivity contribution in [1.82, 2.24) is 4.31 Å². The third-order valence-electron chi connectivity index (χ3n) is 4.25. The first-order valence-corrected chi connectivity index (χ1v) is 8.97. The van der Waals surface area contributed by atoms with E-state index in [1.54, 1.807) is 0 Å². The highest BCUT2D eigenvalue weighted by atomic mass is 32.2. The third kappa shape index (κ3) is 3.17. The molecule has 0 aromatic carbocycles. The van der Waals surface area contributed by atoms with Gasteiger partial charge in [-0.2, -0.15) is 4.31 Å². The number of carbonyl (C=O) groups is 1. The number of carboxylic acids is 1. The summed E-state index contributed by atoms with van der Waals surface area (Å²) in [4.78, 5) is 11.5. The van der Waals surface area contributed by atoms with Gasteiger partial charge in [-0.3, -0.25) is 4.79 Å². The lowest BCUT2D eigenvalue weighted by Gasteiger charge is -2.33. The van der Waals surface area contributed by atoms with E-state index in [1.165, 1.54) is 4.31 Å². The van der Waals surface area contributed by atoms with Gasteiger partial charge in [-0.25, -0.2) is 8.42 Å². The second-order valence-corrected chi connectivity index (χ2v) is 9.22. The minimum atomic E-state index is -3.53. The van der Waals surface area contributed by atoms with Crippen LogP contribution in [0.2, 0.25) is 0 Å². The molecule has 1 aliphatic heterocycles. The summed E-state index contributed by atoms with van der Waals surface area (Å²) in [6, 6.07) is -0.965. The van der Waals surface area contributed by atoms with Gasteiger partial charge in [0.05, 0.1) is 5.75 Å². The summed E-state index contributed by atoms with van der Waals surface area (Å²) in [5.41, 5.74) is -0.366. The first-order chi connectivity index (χ1) is 9.12. The van der Waals surface area contributed by atoms with E-state index in [4.69, 9.17) is 0 Å². The molecule has 3 unspecified atom stereocenters. The zero-order valence-corrected chi connectivity index (χ0v) is 13.3. The molecule has 2 fully saturated rings. The average Bonchev–Trinajstić information content (AvgIpc) is 2.65. The quantitative estimate of drug-likeness (QED) is 0.866. The number of hydrogen-bond acceptors (Lipinski definition) is 3. The van der Waals surface area contributed by atoms with Crippen LogP contribution in [0.3, 0.4) is 0 Å². The molecule has 20 heavy (non-hydrogen) atoms. The molecule has 0 bridgehead atoms. The van der Waals surface area contributed by atoms with Crippen molar-refractivity contribution in [1.29, 1.82) is 0 Å². The summed E-state index contributed by atoms with van der Waals surface area (Å²) < 4.78 is 26.7. The molecule has 0 amide bonds. The van der Waals surface area contributed by atoms with Crippen LogP contribution in [0, 0.1) is 11.3 Å². The smallest absolute Gasteiger partial charge is 0.322 e. The van der Waals surface area contributed by atoms with Gasteiger partial charge in [0.2, 0.25) is 10.0 Å². The van der Waals surface area contributed by atoms with Gasteiger partial charge in [-0.15, -0.1) is 0 Å². The van der Waals surface area contributed by atoms with Crippen LogP contribution < -0.4 is 0 Å². The fraction of sp³-hybridized carbons (Fsp3) is 0.929. The molecule has 2 aliphatic rings. The molecule has 1 aliphatic carbocycles. The van der Waals surface area contributed by atoms with Crippen LogP contribution in [0.1, 0.15) is 52.9 Å². The highest BCUT2D eigenvalue weighted by molar-refractivity contribution is 7.89. The van der Waals surface area contributed by atoms with Crippen molar-refractivity contribution >= 4 is 16.0 Å². The number of fused-ring (bicyclic) bond motifs is 1. The van der Waals surface area contributed by atoms with Crippen molar-refractivity contribution in [2.45, 2.75) is 65.0 Å². The van der Waals surface area contributed by atoms with Crippen LogP contribution in [0.15, 0.2) is 0 Å². The highest BCUT2D eigenvalue weighted by Gasteiger charge is 2.51. The van der Waals surface area contributed by atoms with E-state index < -0.39 is 22.0 Å². The maximum atomic E-state index is 12.7. The number of carboxylic acid groups (broad SMARTS) is 1. The predicted octanol–water partition coefficient (Wildman–Crippen LogP) is 2.08. The van der Waals surface area contributed by atoms with E-state index in [1.807, 2.05) is 20.8 Å². The fourth-order valence-electron chi connectivity index (χ4n) is 3.65. The van der Waals surface area contributed by atoms with Crippen LogP contribution in [-0.2, 0) is 14.8 Å². The number of nitrogens with zero attached hydrogens (tertiary/aromatic N) is 1. The second-order valence-electron chi connectivity index (χ2n) is 7.35. The largest absolute Gasteiger partial charge is 0.480 e. The fourth-order valence-corrected chi connectivity index (χ4v) is 6.15. The Morgan fingerprint density at radius 2 is 1.85 bits per heavy atom. The summed E-state index contributed by atoms with van der Waals surface area (Å²) in [7, 11) is -3.53. The molecule has 0 aromatic heterocycles. The number of hydrogen-bond donors (Lipinski definition) is 1. The lowest BCUT2D eigenvalue weighted by molar-refractivity contribution is -0.141. The van der Waals surface area contributed by atoms with E-state index in [0.717, 1.165) is 25.7 Å². The van der Waals surface area contributed by atoms with Crippen molar-refractivity contribution in [3.05, 3.63) is 0 Å². The van der Waals surface area contributed by atoms with Crippen molar-refractivity contribution in [3.63, 3.8) is 0 Å². The van der Waals surface area contributed by atoms with E-state index >= 15 is 0 Å². The molecular formula is C14H25NO4S. The minimum absolute atomic E-state index is 0.00694. The molecule has 3 atom stereocenters. The predicted molar refractivity (Wildman–Crippen MR) is 76.9 cm³/mol. The van der Waals surface area contributed by atoms with Gasteiger partial charge in [-0.1, -0.05) is 33.6 Å². The van der Waals surface area contributed by atoms with Gasteiger partial charge >= 0.3 is 5.97 Å². The van der Waals surface area contributed by atoms with Crippen LogP contribution in [0.4, 0.5) is 0 Å². The monoisotopic (exact) mass is 303 g/mol. The normalized spacial score (nSPS) is 32.0. The Balaban J connectivity index is 2.31. The van der Waals surface area contributed by atoms with Crippen LogP contribution >= 0.6 is 0 Å². The molecule has 1 saturated heterocycles. The molecule has 1 N–H and O–H groups in total. The van der Waals surface area contributed by atoms with E-state index in [9.17, 15) is 18.3 Å². The molecule has 116 valence electrons. The van der Waals surface area contributed by atoms with E-state index in [-0.39, 0.29) is 23.1 Å². The van der Waals surface area contributed by atoms with Gasteiger partial charge in [0.1, 0.15) is 6.04 Å². The van der Waals surface area contributed by atoms with E-state index in [0.29, 0.717) is 6.42 Å². The van der Waals surface area contributed by atoms with Crippen LogP contribution in [-0.4, -0.2) is 41.6 Å². The first-order valence-electron chi connectivity index (χ1n) is 7.36. The topological polar surface area (TPSA) is 74.7 Å². The Morgan fingerprint density at radius 1 is 1.25 bits per heavy atom. The Hall–Kier alpha value is -0.620. The first kappa shape index (κ1) is 15.8. The summed E-state index contributed by atoms with van der Waals surface area (Å²) in [6.07, 6.45) is 4.31. The summed E-state index contributed by atoms with van der Waals surface area (Å²) in [5.74, 6) is -0.774. The maximum absolute atomic E-state index is 12.7. The Morgan fingerprint density at radius 3 is 2.40 bits per heavy atom. The van der Waals surface area contributed by atoms with Gasteiger partial charge in [-0.05, 0) is 30.6 Å². The lowest BCUT2D eigenvalue weighted by Crippen LogP contribution is -2.48. The van der Waals surface area contributed by atoms with Crippen molar-refractivity contribution in [2.24, 2.45) is 11.3 Å². The number of sulfonamides is 1. The highest BCUT2D eigenvalue weighted by Crippen LogP contribution is 2.42. The van der Waals surface area contributed by atoms with Crippen LogP contribution in [0.25, 0.3) is 0 Å². The van der Waals surface area contributed by atoms with Gasteiger partial charge in [0, 0.05) is 6.04 Å². The Kier molecular flexibility index (Phi) is 4.17. The molecular weight excluding hydrogens is 278 g/mol. The maximum Gasteiger partial charge on any atom is 0.322 e. The molecule has 5 nitrogen and oxygen atoms in total. The number of aliphatic carboxylic acids is 1. The summed E-state index contributed by atoms with van der Waals surface area (Å²) in [5, 5.41) is 9.39. The standard InChI is InChI=1S/C14H25NO4S/c1-14(2,3)9-20(18,19)15-11-7-5-4-6-10(11)8-12(15)13(16)17/h10-12H,4-9H2,1-3H3,(H,16,17). The van der Waals surface area contributed by atoms with E-state index in [2.05, 4.69) is 0 Å². The number of rotatable bonds is 3. The van der Waals surface area contributed by atoms with Gasteiger partial charge < -0.3 is 5.11 Å². The molecule has 2 rings (SSSR count). The second kappa shape index (κ2) is 5.30. The molecule has 0 radical (unpaired) electrons. The molecule has 1 saturated carbocycles.